The summed E-state index contributed by atoms with van der Waals surface area (Å²) in [6.07, 6.45) is 46.6. The third kappa shape index (κ3) is 41.4. The first-order valence-corrected chi connectivity index (χ1v) is 23.0. The summed E-state index contributed by atoms with van der Waals surface area (Å²) in [5.41, 5.74) is 0. The fourth-order valence-corrected chi connectivity index (χ4v) is 6.24. The Balaban J connectivity index is 4.32. The van der Waals surface area contributed by atoms with Gasteiger partial charge in [-0.25, -0.2) is 0 Å². The van der Waals surface area contributed by atoms with Gasteiger partial charge in [0.2, 0.25) is 0 Å². The molecule has 0 aromatic carbocycles. The number of rotatable bonds is 39. The maximum atomic E-state index is 12.7. The van der Waals surface area contributed by atoms with Gasteiger partial charge in [-0.05, 0) is 57.8 Å². The number of esters is 1. The van der Waals surface area contributed by atoms with Crippen molar-refractivity contribution in [1.29, 1.82) is 0 Å². The van der Waals surface area contributed by atoms with E-state index in [0.717, 1.165) is 64.2 Å². The van der Waals surface area contributed by atoms with Gasteiger partial charge in [0.1, 0.15) is 19.3 Å². The van der Waals surface area contributed by atoms with Gasteiger partial charge < -0.3 is 27.9 Å². The Morgan fingerprint density at radius 2 is 1.07 bits per heavy atom. The number of ether oxygens (including phenoxy) is 2. The van der Waals surface area contributed by atoms with E-state index in [1.807, 2.05) is 21.1 Å². The molecular formula is C45H82NO7P. The van der Waals surface area contributed by atoms with Gasteiger partial charge in [-0.15, -0.1) is 0 Å². The highest BCUT2D eigenvalue weighted by Gasteiger charge is 2.20. The van der Waals surface area contributed by atoms with E-state index < -0.39 is 13.9 Å². The van der Waals surface area contributed by atoms with E-state index in [-0.39, 0.29) is 32.2 Å². The normalized spacial score (nSPS) is 14.4. The summed E-state index contributed by atoms with van der Waals surface area (Å²) in [6.45, 7) is 5.25. The Bertz CT molecular complexity index is 1050. The van der Waals surface area contributed by atoms with Crippen LogP contribution in [0.15, 0.2) is 60.8 Å². The summed E-state index contributed by atoms with van der Waals surface area (Å²) in [6, 6.07) is 0. The molecule has 0 heterocycles. The zero-order valence-electron chi connectivity index (χ0n) is 35.4. The van der Waals surface area contributed by atoms with Gasteiger partial charge in [0, 0.05) is 13.0 Å². The van der Waals surface area contributed by atoms with E-state index in [4.69, 9.17) is 18.5 Å². The second-order valence-corrected chi connectivity index (χ2v) is 16.7. The predicted octanol–water partition coefficient (Wildman–Crippen LogP) is 11.9. The minimum absolute atomic E-state index is 0.0178. The third-order valence-corrected chi connectivity index (χ3v) is 9.80. The standard InChI is InChI=1S/C45H82NO7P/c1-6-8-10-12-14-16-18-20-21-22-23-24-25-26-28-30-32-34-36-38-45(47)53-44(43-52-54(48,49)51-41-39-46(3,4)5)42-50-40-37-35-33-31-29-27-19-17-15-13-11-9-7-2/h8,10,14,16,20-21,23-24,26,28,44H,6-7,9,11-13,15,17-19,22,25,27,29-43H2,1-5H3/b10-8-,16-14-,21-20-,24-23-,28-26-. The third-order valence-electron chi connectivity index (χ3n) is 8.83. The summed E-state index contributed by atoms with van der Waals surface area (Å²) < 4.78 is 34.5. The fraction of sp³-hybridized carbons (Fsp3) is 0.756. The topological polar surface area (TPSA) is 94.1 Å². The fourth-order valence-electron chi connectivity index (χ4n) is 5.51. The average Bonchev–Trinajstić information content (AvgIpc) is 3.12. The molecule has 0 fully saturated rings. The number of nitrogens with zero attached hydrogens (tertiary/aromatic N) is 1. The Morgan fingerprint density at radius 1 is 0.593 bits per heavy atom. The van der Waals surface area contributed by atoms with Crippen molar-refractivity contribution in [3.63, 3.8) is 0 Å². The van der Waals surface area contributed by atoms with Crippen molar-refractivity contribution < 1.29 is 37.3 Å². The lowest BCUT2D eigenvalue weighted by atomic mass is 10.0. The van der Waals surface area contributed by atoms with Crippen LogP contribution in [-0.4, -0.2) is 70.7 Å². The number of phosphoric ester groups is 1. The molecule has 2 atom stereocenters. The molecular weight excluding hydrogens is 697 g/mol. The van der Waals surface area contributed by atoms with Crippen LogP contribution in [0.5, 0.6) is 0 Å². The van der Waals surface area contributed by atoms with Crippen molar-refractivity contribution in [3.8, 4) is 0 Å². The number of allylic oxidation sites excluding steroid dienone is 10. The van der Waals surface area contributed by atoms with Crippen LogP contribution in [0.1, 0.15) is 162 Å². The Hall–Kier alpha value is -1.80. The van der Waals surface area contributed by atoms with Crippen LogP contribution in [-0.2, 0) is 27.9 Å². The number of carbonyl (C=O) groups is 1. The lowest BCUT2D eigenvalue weighted by Crippen LogP contribution is -2.37. The molecule has 0 aliphatic heterocycles. The van der Waals surface area contributed by atoms with Gasteiger partial charge in [-0.3, -0.25) is 9.36 Å². The maximum Gasteiger partial charge on any atom is 0.306 e. The first-order valence-electron chi connectivity index (χ1n) is 21.5. The van der Waals surface area contributed by atoms with Crippen LogP contribution < -0.4 is 4.89 Å². The Labute approximate surface area is 332 Å². The number of likely N-dealkylation sites (N-methyl/N-ethyl adjacent to an activating group) is 1. The van der Waals surface area contributed by atoms with E-state index >= 15 is 0 Å². The number of carbonyl (C=O) groups excluding carboxylic acids is 1. The molecule has 0 aromatic rings. The van der Waals surface area contributed by atoms with E-state index in [2.05, 4.69) is 74.6 Å². The molecule has 0 N–H and O–H groups in total. The highest BCUT2D eigenvalue weighted by molar-refractivity contribution is 7.45. The van der Waals surface area contributed by atoms with Gasteiger partial charge in [-0.1, -0.05) is 158 Å². The van der Waals surface area contributed by atoms with Crippen LogP contribution in [0, 0.1) is 0 Å². The van der Waals surface area contributed by atoms with Gasteiger partial charge in [0.25, 0.3) is 7.82 Å². The molecule has 8 nitrogen and oxygen atoms in total. The number of hydrogen-bond donors (Lipinski definition) is 0. The second kappa shape index (κ2) is 38.1. The predicted molar refractivity (Wildman–Crippen MR) is 226 cm³/mol. The zero-order chi connectivity index (χ0) is 39.9. The molecule has 0 saturated heterocycles. The SMILES string of the molecule is CC/C=C\C/C=C\C/C=C\C/C=C\C/C=C\CCCCCC(=O)OC(COCCCCCCCCCCCCCCC)COP(=O)([O-])OCC[N+](C)(C)C. The van der Waals surface area contributed by atoms with Crippen molar-refractivity contribution in [3.05, 3.63) is 60.8 Å². The number of hydrogen-bond acceptors (Lipinski definition) is 7. The van der Waals surface area contributed by atoms with Crippen LogP contribution >= 0.6 is 7.82 Å². The average molecular weight is 780 g/mol. The summed E-state index contributed by atoms with van der Waals surface area (Å²) >= 11 is 0. The van der Waals surface area contributed by atoms with Crippen molar-refractivity contribution in [2.75, 3.05) is 54.1 Å². The van der Waals surface area contributed by atoms with E-state index in [1.54, 1.807) is 0 Å². The van der Waals surface area contributed by atoms with E-state index in [1.165, 1.54) is 70.6 Å². The van der Waals surface area contributed by atoms with Gasteiger partial charge in [0.05, 0.1) is 34.4 Å². The van der Waals surface area contributed by atoms with Crippen molar-refractivity contribution in [1.82, 2.24) is 0 Å². The van der Waals surface area contributed by atoms with E-state index in [9.17, 15) is 14.3 Å². The molecule has 0 rings (SSSR count). The minimum Gasteiger partial charge on any atom is -0.756 e. The second-order valence-electron chi connectivity index (χ2n) is 15.3. The maximum absolute atomic E-state index is 12.7. The van der Waals surface area contributed by atoms with Gasteiger partial charge >= 0.3 is 5.97 Å². The van der Waals surface area contributed by atoms with Gasteiger partial charge in [0.15, 0.2) is 0 Å². The molecule has 54 heavy (non-hydrogen) atoms. The summed E-state index contributed by atoms with van der Waals surface area (Å²) in [7, 11) is 1.33. The highest BCUT2D eigenvalue weighted by atomic mass is 31.2. The quantitative estimate of drug-likeness (QED) is 0.0202. The molecule has 2 unspecified atom stereocenters. The Kier molecular flexibility index (Phi) is 36.8. The number of phosphoric acid groups is 1. The van der Waals surface area contributed by atoms with E-state index in [0.29, 0.717) is 24.1 Å². The van der Waals surface area contributed by atoms with Crippen molar-refractivity contribution >= 4 is 13.8 Å². The monoisotopic (exact) mass is 780 g/mol. The molecule has 0 amide bonds. The molecule has 314 valence electrons. The van der Waals surface area contributed by atoms with Crippen molar-refractivity contribution in [2.45, 2.75) is 168 Å². The molecule has 0 aliphatic carbocycles. The molecule has 0 aromatic heterocycles. The number of quaternary nitrogens is 1. The summed E-state index contributed by atoms with van der Waals surface area (Å²) in [5, 5.41) is 0. The first-order chi connectivity index (χ1) is 26.1. The van der Waals surface area contributed by atoms with Crippen LogP contribution in [0.3, 0.4) is 0 Å². The zero-order valence-corrected chi connectivity index (χ0v) is 36.3. The smallest absolute Gasteiger partial charge is 0.306 e. The van der Waals surface area contributed by atoms with Crippen molar-refractivity contribution in [2.24, 2.45) is 0 Å². The number of unbranched alkanes of at least 4 members (excludes halogenated alkanes) is 15. The molecule has 0 bridgehead atoms. The summed E-state index contributed by atoms with van der Waals surface area (Å²) in [4.78, 5) is 25.0. The lowest BCUT2D eigenvalue weighted by Gasteiger charge is -2.28. The molecule has 9 heteroatoms. The summed E-state index contributed by atoms with van der Waals surface area (Å²) in [5.74, 6) is -0.366. The first kappa shape index (κ1) is 52.2. The van der Waals surface area contributed by atoms with Crippen LogP contribution in [0.2, 0.25) is 0 Å². The van der Waals surface area contributed by atoms with Crippen LogP contribution in [0.4, 0.5) is 0 Å². The largest absolute Gasteiger partial charge is 0.756 e. The van der Waals surface area contributed by atoms with Crippen LogP contribution in [0.25, 0.3) is 0 Å². The van der Waals surface area contributed by atoms with Gasteiger partial charge in [-0.2, -0.15) is 0 Å². The molecule has 0 spiro atoms. The minimum atomic E-state index is -4.53. The molecule has 0 aliphatic rings. The molecule has 0 radical (unpaired) electrons. The lowest BCUT2D eigenvalue weighted by molar-refractivity contribution is -0.870. The molecule has 0 saturated carbocycles. The Morgan fingerprint density at radius 3 is 1.59 bits per heavy atom. The highest BCUT2D eigenvalue weighted by Crippen LogP contribution is 2.38.